The summed E-state index contributed by atoms with van der Waals surface area (Å²) >= 11 is 6.10. The third-order valence-corrected chi connectivity index (χ3v) is 4.53. The van der Waals surface area contributed by atoms with Crippen LogP contribution in [0.2, 0.25) is 5.02 Å². The number of amides is 1. The lowest BCUT2D eigenvalue weighted by Crippen LogP contribution is -2.21. The lowest BCUT2D eigenvalue weighted by Gasteiger charge is -2.11. The van der Waals surface area contributed by atoms with Crippen LogP contribution >= 0.6 is 11.6 Å². The van der Waals surface area contributed by atoms with Crippen molar-refractivity contribution in [1.82, 2.24) is 0 Å². The van der Waals surface area contributed by atoms with Gasteiger partial charge in [-0.2, -0.15) is 5.26 Å². The molecule has 0 bridgehead atoms. The number of benzene rings is 3. The van der Waals surface area contributed by atoms with E-state index in [-0.39, 0.29) is 5.56 Å². The predicted molar refractivity (Wildman–Crippen MR) is 112 cm³/mol. The van der Waals surface area contributed by atoms with Crippen LogP contribution in [0.5, 0.6) is 0 Å². The molecule has 0 aliphatic heterocycles. The van der Waals surface area contributed by atoms with Crippen LogP contribution in [0.1, 0.15) is 21.5 Å². The minimum absolute atomic E-state index is 0.274. The molecule has 0 spiro atoms. The maximum absolute atomic E-state index is 12.6. The highest BCUT2D eigenvalue weighted by Gasteiger charge is 2.17. The van der Waals surface area contributed by atoms with E-state index in [1.807, 2.05) is 13.0 Å². The second-order valence-corrected chi connectivity index (χ2v) is 6.72. The van der Waals surface area contributed by atoms with Crippen molar-refractivity contribution in [2.75, 3.05) is 11.9 Å². The molecule has 3 aromatic carbocycles. The summed E-state index contributed by atoms with van der Waals surface area (Å²) in [6.45, 7) is 1.43. The van der Waals surface area contributed by atoms with E-state index in [2.05, 4.69) is 11.4 Å². The highest BCUT2D eigenvalue weighted by atomic mass is 35.5. The minimum Gasteiger partial charge on any atom is -0.452 e. The number of carbonyl (C=O) groups is 2. The number of nitriles is 1. The zero-order chi connectivity index (χ0) is 20.8. The Hall–Kier alpha value is -3.62. The van der Waals surface area contributed by atoms with Gasteiger partial charge in [0.25, 0.3) is 5.91 Å². The molecule has 0 aliphatic rings. The minimum atomic E-state index is -0.654. The second-order valence-electron chi connectivity index (χ2n) is 6.31. The van der Waals surface area contributed by atoms with Gasteiger partial charge in [0, 0.05) is 5.56 Å². The van der Waals surface area contributed by atoms with E-state index in [4.69, 9.17) is 16.3 Å². The van der Waals surface area contributed by atoms with Crippen LogP contribution in [0.25, 0.3) is 11.1 Å². The Bertz CT molecular complexity index is 1120. The molecule has 5 nitrogen and oxygen atoms in total. The quantitative estimate of drug-likeness (QED) is 0.608. The molecule has 3 rings (SSSR count). The number of hydrogen-bond donors (Lipinski definition) is 1. The molecule has 1 N–H and O–H groups in total. The fourth-order valence-electron chi connectivity index (χ4n) is 2.83. The molecule has 0 heterocycles. The molecule has 0 saturated carbocycles. The summed E-state index contributed by atoms with van der Waals surface area (Å²) in [6, 6.07) is 21.1. The van der Waals surface area contributed by atoms with Gasteiger partial charge in [-0.3, -0.25) is 4.79 Å². The number of halogens is 1. The Morgan fingerprint density at radius 3 is 2.45 bits per heavy atom. The van der Waals surface area contributed by atoms with Gasteiger partial charge in [-0.1, -0.05) is 54.1 Å². The first-order chi connectivity index (χ1) is 14.0. The summed E-state index contributed by atoms with van der Waals surface area (Å²) in [5, 5.41) is 12.4. The van der Waals surface area contributed by atoms with E-state index in [1.54, 1.807) is 60.7 Å². The SMILES string of the molecule is Cc1ccc(NC(=O)COC(=O)c2ccccc2-c2ccccc2C#N)c(Cl)c1. The first-order valence-electron chi connectivity index (χ1n) is 8.81. The summed E-state index contributed by atoms with van der Waals surface area (Å²) in [5.74, 6) is -1.16. The van der Waals surface area contributed by atoms with Gasteiger partial charge < -0.3 is 10.1 Å². The highest BCUT2D eigenvalue weighted by molar-refractivity contribution is 6.33. The first-order valence-corrected chi connectivity index (χ1v) is 9.19. The van der Waals surface area contributed by atoms with Gasteiger partial charge >= 0.3 is 5.97 Å². The Balaban J connectivity index is 1.73. The smallest absolute Gasteiger partial charge is 0.339 e. The lowest BCUT2D eigenvalue weighted by molar-refractivity contribution is -0.119. The number of nitrogens with zero attached hydrogens (tertiary/aromatic N) is 1. The summed E-state index contributed by atoms with van der Waals surface area (Å²) < 4.78 is 5.18. The van der Waals surface area contributed by atoms with E-state index in [9.17, 15) is 14.9 Å². The van der Waals surface area contributed by atoms with Gasteiger partial charge in [-0.05, 0) is 42.3 Å². The molecule has 144 valence electrons. The Labute approximate surface area is 173 Å². The number of aryl methyl sites for hydroxylation is 1. The fourth-order valence-corrected chi connectivity index (χ4v) is 3.11. The first kappa shape index (κ1) is 20.1. The summed E-state index contributed by atoms with van der Waals surface area (Å²) in [5.41, 5.74) is 3.32. The van der Waals surface area contributed by atoms with Gasteiger partial charge in [0.05, 0.1) is 27.9 Å². The maximum Gasteiger partial charge on any atom is 0.339 e. The van der Waals surface area contributed by atoms with Crippen LogP contribution in [-0.4, -0.2) is 18.5 Å². The van der Waals surface area contributed by atoms with Gasteiger partial charge in [0.2, 0.25) is 0 Å². The van der Waals surface area contributed by atoms with Gasteiger partial charge in [0.1, 0.15) is 0 Å². The van der Waals surface area contributed by atoms with E-state index < -0.39 is 18.5 Å². The third kappa shape index (κ3) is 4.81. The largest absolute Gasteiger partial charge is 0.452 e. The normalized spacial score (nSPS) is 10.1. The number of ether oxygens (including phenoxy) is 1. The number of anilines is 1. The van der Waals surface area contributed by atoms with Crippen LogP contribution in [0.15, 0.2) is 66.7 Å². The van der Waals surface area contributed by atoms with Crippen LogP contribution in [0.4, 0.5) is 5.69 Å². The Morgan fingerprint density at radius 1 is 1.03 bits per heavy atom. The zero-order valence-electron chi connectivity index (χ0n) is 15.6. The molecule has 0 aliphatic carbocycles. The Morgan fingerprint density at radius 2 is 1.72 bits per heavy atom. The van der Waals surface area contributed by atoms with Crippen molar-refractivity contribution in [2.24, 2.45) is 0 Å². The number of esters is 1. The topological polar surface area (TPSA) is 79.2 Å². The van der Waals surface area contributed by atoms with Gasteiger partial charge in [0.15, 0.2) is 6.61 Å². The van der Waals surface area contributed by atoms with E-state index in [1.165, 1.54) is 0 Å². The molecule has 29 heavy (non-hydrogen) atoms. The average Bonchev–Trinajstić information content (AvgIpc) is 2.74. The van der Waals surface area contributed by atoms with Crippen molar-refractivity contribution >= 4 is 29.2 Å². The molecule has 1 amide bonds. The molecule has 6 heteroatoms. The molecule has 0 atom stereocenters. The molecule has 3 aromatic rings. The molecule has 0 unspecified atom stereocenters. The number of carbonyl (C=O) groups excluding carboxylic acids is 2. The van der Waals surface area contributed by atoms with E-state index >= 15 is 0 Å². The van der Waals surface area contributed by atoms with Crippen LogP contribution in [0, 0.1) is 18.3 Å². The van der Waals surface area contributed by atoms with Crippen molar-refractivity contribution in [2.45, 2.75) is 6.92 Å². The van der Waals surface area contributed by atoms with E-state index in [0.29, 0.717) is 27.4 Å². The maximum atomic E-state index is 12.6. The predicted octanol–water partition coefficient (Wildman–Crippen LogP) is 4.98. The number of rotatable bonds is 5. The second kappa shape index (κ2) is 9.05. The zero-order valence-corrected chi connectivity index (χ0v) is 16.4. The fraction of sp³-hybridized carbons (Fsp3) is 0.0870. The summed E-state index contributed by atoms with van der Waals surface area (Å²) in [4.78, 5) is 24.7. The molecule has 0 fully saturated rings. The molecular weight excluding hydrogens is 388 g/mol. The van der Waals surface area contributed by atoms with Crippen LogP contribution in [-0.2, 0) is 9.53 Å². The number of hydrogen-bond acceptors (Lipinski definition) is 4. The highest BCUT2D eigenvalue weighted by Crippen LogP contribution is 2.27. The van der Waals surface area contributed by atoms with Crippen molar-refractivity contribution in [1.29, 1.82) is 5.26 Å². The molecule has 0 aromatic heterocycles. The standard InChI is InChI=1S/C23H17ClN2O3/c1-15-10-11-21(20(24)12-15)26-22(27)14-29-23(28)19-9-5-4-8-18(19)17-7-3-2-6-16(17)13-25/h2-12H,14H2,1H3,(H,26,27). The molecule has 0 radical (unpaired) electrons. The Kier molecular flexibility index (Phi) is 6.28. The van der Waals surface area contributed by atoms with Crippen LogP contribution in [0.3, 0.4) is 0 Å². The van der Waals surface area contributed by atoms with Crippen LogP contribution < -0.4 is 5.32 Å². The third-order valence-electron chi connectivity index (χ3n) is 4.22. The molecule has 0 saturated heterocycles. The summed E-state index contributed by atoms with van der Waals surface area (Å²) in [6.07, 6.45) is 0. The van der Waals surface area contributed by atoms with Crippen molar-refractivity contribution < 1.29 is 14.3 Å². The lowest BCUT2D eigenvalue weighted by atomic mass is 9.96. The van der Waals surface area contributed by atoms with Crippen molar-refractivity contribution in [3.63, 3.8) is 0 Å². The monoisotopic (exact) mass is 404 g/mol. The van der Waals surface area contributed by atoms with Gasteiger partial charge in [-0.25, -0.2) is 4.79 Å². The molecular formula is C23H17ClN2O3. The van der Waals surface area contributed by atoms with Crippen molar-refractivity contribution in [3.05, 3.63) is 88.4 Å². The summed E-state index contributed by atoms with van der Waals surface area (Å²) in [7, 11) is 0. The number of nitrogens with one attached hydrogen (secondary N) is 1. The van der Waals surface area contributed by atoms with Gasteiger partial charge in [-0.15, -0.1) is 0 Å². The average molecular weight is 405 g/mol. The van der Waals surface area contributed by atoms with E-state index in [0.717, 1.165) is 5.56 Å². The van der Waals surface area contributed by atoms with Crippen molar-refractivity contribution in [3.8, 4) is 17.2 Å².